The van der Waals surface area contributed by atoms with Crippen molar-refractivity contribution in [2.75, 3.05) is 0 Å². The molecule has 0 heterocycles. The van der Waals surface area contributed by atoms with Gasteiger partial charge in [0.25, 0.3) is 0 Å². The first-order chi connectivity index (χ1) is 12.6. The number of carbonyl (C=O) groups excluding carboxylic acids is 2. The number of hydrogen-bond donors (Lipinski definition) is 0. The molecule has 0 saturated carbocycles. The highest BCUT2D eigenvalue weighted by Crippen LogP contribution is 2.39. The number of hydrogen-bond acceptors (Lipinski definition) is 2. The van der Waals surface area contributed by atoms with Crippen molar-refractivity contribution in [2.24, 2.45) is 0 Å². The Hall–Kier alpha value is -2.30. The first kappa shape index (κ1) is 17.1. The van der Waals surface area contributed by atoms with Crippen molar-refractivity contribution in [1.82, 2.24) is 0 Å². The highest BCUT2D eigenvalue weighted by molar-refractivity contribution is 9.10. The summed E-state index contributed by atoms with van der Waals surface area (Å²) in [6, 6.07) is 19.3. The highest BCUT2D eigenvalue weighted by atomic mass is 79.9. The van der Waals surface area contributed by atoms with Crippen LogP contribution < -0.4 is 0 Å². The van der Waals surface area contributed by atoms with E-state index < -0.39 is 0 Å². The van der Waals surface area contributed by atoms with Crippen molar-refractivity contribution >= 4 is 66.0 Å². The largest absolute Gasteiger partial charge is 0.298 e. The lowest BCUT2D eigenvalue weighted by Crippen LogP contribution is -1.96. The van der Waals surface area contributed by atoms with Gasteiger partial charge in [-0.15, -0.1) is 0 Å². The lowest BCUT2D eigenvalue weighted by molar-refractivity contribution is 0.111. The van der Waals surface area contributed by atoms with Gasteiger partial charge >= 0.3 is 0 Å². The molecule has 2 nitrogen and oxygen atoms in total. The van der Waals surface area contributed by atoms with E-state index in [1.54, 1.807) is 0 Å². The molecule has 0 amide bonds. The number of carbonyl (C=O) groups is 2. The summed E-state index contributed by atoms with van der Waals surface area (Å²) < 4.78 is 1.93. The van der Waals surface area contributed by atoms with Crippen LogP contribution in [0.4, 0.5) is 0 Å². The molecule has 0 aliphatic rings. The molecule has 4 heteroatoms. The smallest absolute Gasteiger partial charge is 0.150 e. The van der Waals surface area contributed by atoms with Gasteiger partial charge in [0.2, 0.25) is 0 Å². The average Bonchev–Trinajstić information content (AvgIpc) is 2.65. The van der Waals surface area contributed by atoms with Crippen LogP contribution in [0.25, 0.3) is 32.7 Å². The number of fused-ring (bicyclic) bond motifs is 2. The van der Waals surface area contributed by atoms with Crippen LogP contribution in [0.15, 0.2) is 69.6 Å². The summed E-state index contributed by atoms with van der Waals surface area (Å²) in [5.74, 6) is 0. The Morgan fingerprint density at radius 3 is 1.38 bits per heavy atom. The van der Waals surface area contributed by atoms with Crippen molar-refractivity contribution in [3.8, 4) is 11.1 Å². The Morgan fingerprint density at radius 1 is 0.577 bits per heavy atom. The number of halogens is 2. The monoisotopic (exact) mass is 466 g/mol. The summed E-state index contributed by atoms with van der Waals surface area (Å²) in [6.07, 6.45) is 1.70. The van der Waals surface area contributed by atoms with Gasteiger partial charge in [0.05, 0.1) is 0 Å². The van der Waals surface area contributed by atoms with Crippen molar-refractivity contribution in [1.29, 1.82) is 0 Å². The molecule has 126 valence electrons. The van der Waals surface area contributed by atoms with Crippen LogP contribution >= 0.6 is 31.9 Å². The first-order valence-electron chi connectivity index (χ1n) is 7.97. The van der Waals surface area contributed by atoms with E-state index in [9.17, 15) is 9.59 Å². The quantitative estimate of drug-likeness (QED) is 0.310. The minimum atomic E-state index is 0.568. The Balaban J connectivity index is 2.22. The molecule has 26 heavy (non-hydrogen) atoms. The van der Waals surface area contributed by atoms with E-state index in [1.807, 2.05) is 60.7 Å². The summed E-state index contributed by atoms with van der Waals surface area (Å²) >= 11 is 6.99. The Bertz CT molecular complexity index is 1100. The van der Waals surface area contributed by atoms with Crippen molar-refractivity contribution < 1.29 is 9.59 Å². The minimum absolute atomic E-state index is 0.568. The standard InChI is InChI=1S/C22H12Br2O2/c23-17-5-7-19-13(9-17)1-3-15(11-25)21(19)22-16(12-26)4-2-14-10-18(24)6-8-20(14)22/h1-12H. The average molecular weight is 468 g/mol. The van der Waals surface area contributed by atoms with Gasteiger partial charge in [-0.05, 0) is 45.8 Å². The van der Waals surface area contributed by atoms with Crippen LogP contribution in [0.2, 0.25) is 0 Å². The summed E-state index contributed by atoms with van der Waals surface area (Å²) in [5.41, 5.74) is 2.72. The highest BCUT2D eigenvalue weighted by Gasteiger charge is 2.16. The second-order valence-electron chi connectivity index (χ2n) is 6.03. The second kappa shape index (κ2) is 6.78. The molecule has 0 saturated heterocycles. The van der Waals surface area contributed by atoms with Crippen LogP contribution in [-0.4, -0.2) is 12.6 Å². The zero-order valence-corrected chi connectivity index (χ0v) is 16.7. The molecule has 0 unspecified atom stereocenters. The van der Waals surface area contributed by atoms with E-state index in [0.29, 0.717) is 11.1 Å². The molecule has 0 spiro atoms. The lowest BCUT2D eigenvalue weighted by atomic mass is 9.88. The van der Waals surface area contributed by atoms with E-state index in [2.05, 4.69) is 31.9 Å². The summed E-state index contributed by atoms with van der Waals surface area (Å²) in [5, 5.41) is 3.89. The van der Waals surface area contributed by atoms with Crippen LogP contribution in [0.1, 0.15) is 20.7 Å². The van der Waals surface area contributed by atoms with E-state index in [-0.39, 0.29) is 0 Å². The second-order valence-corrected chi connectivity index (χ2v) is 7.86. The molecule has 0 N–H and O–H groups in total. The number of rotatable bonds is 3. The molecule has 0 aromatic heterocycles. The predicted molar refractivity (Wildman–Crippen MR) is 113 cm³/mol. The molecule has 0 bridgehead atoms. The van der Waals surface area contributed by atoms with Gasteiger partial charge in [-0.2, -0.15) is 0 Å². The van der Waals surface area contributed by atoms with Gasteiger partial charge in [0, 0.05) is 31.2 Å². The van der Waals surface area contributed by atoms with Crippen LogP contribution in [0.3, 0.4) is 0 Å². The van der Waals surface area contributed by atoms with Gasteiger partial charge in [-0.1, -0.05) is 68.3 Å². The van der Waals surface area contributed by atoms with Crippen molar-refractivity contribution in [3.63, 3.8) is 0 Å². The van der Waals surface area contributed by atoms with Gasteiger partial charge < -0.3 is 0 Å². The Kier molecular flexibility index (Phi) is 4.47. The van der Waals surface area contributed by atoms with E-state index >= 15 is 0 Å². The summed E-state index contributed by atoms with van der Waals surface area (Å²) in [7, 11) is 0. The molecular weight excluding hydrogens is 456 g/mol. The zero-order valence-electron chi connectivity index (χ0n) is 13.5. The fraction of sp³-hybridized carbons (Fsp3) is 0. The summed E-state index contributed by atoms with van der Waals surface area (Å²) in [6.45, 7) is 0. The molecule has 0 aliphatic carbocycles. The molecule has 0 aliphatic heterocycles. The maximum atomic E-state index is 11.8. The Morgan fingerprint density at radius 2 is 1.00 bits per heavy atom. The maximum absolute atomic E-state index is 11.8. The van der Waals surface area contributed by atoms with Crippen molar-refractivity contribution in [2.45, 2.75) is 0 Å². The van der Waals surface area contributed by atoms with Crippen LogP contribution in [0.5, 0.6) is 0 Å². The van der Waals surface area contributed by atoms with Gasteiger partial charge in [0.15, 0.2) is 12.6 Å². The molecule has 4 aromatic rings. The van der Waals surface area contributed by atoms with Gasteiger partial charge in [-0.3, -0.25) is 9.59 Å². The van der Waals surface area contributed by atoms with Crippen LogP contribution in [-0.2, 0) is 0 Å². The van der Waals surface area contributed by atoms with E-state index in [1.165, 1.54) is 0 Å². The first-order valence-corrected chi connectivity index (χ1v) is 9.56. The fourth-order valence-electron chi connectivity index (χ4n) is 3.39. The third-order valence-electron chi connectivity index (χ3n) is 4.53. The SMILES string of the molecule is O=Cc1ccc2cc(Br)ccc2c1-c1c(C=O)ccc2cc(Br)ccc12. The van der Waals surface area contributed by atoms with Crippen LogP contribution in [0, 0.1) is 0 Å². The Labute approximate surface area is 167 Å². The minimum Gasteiger partial charge on any atom is -0.298 e. The van der Waals surface area contributed by atoms with Gasteiger partial charge in [0.1, 0.15) is 0 Å². The molecule has 4 rings (SSSR count). The van der Waals surface area contributed by atoms with Crippen molar-refractivity contribution in [3.05, 3.63) is 80.7 Å². The lowest BCUT2D eigenvalue weighted by Gasteiger charge is -2.15. The maximum Gasteiger partial charge on any atom is 0.150 e. The fourth-order valence-corrected chi connectivity index (χ4v) is 4.15. The molecule has 0 radical (unpaired) electrons. The molecule has 4 aromatic carbocycles. The zero-order chi connectivity index (χ0) is 18.3. The predicted octanol–water partition coefficient (Wildman–Crippen LogP) is 6.81. The summed E-state index contributed by atoms with van der Waals surface area (Å²) in [4.78, 5) is 23.6. The molecule has 0 fully saturated rings. The number of aldehydes is 2. The molecular formula is C22H12Br2O2. The van der Waals surface area contributed by atoms with E-state index in [4.69, 9.17) is 0 Å². The topological polar surface area (TPSA) is 34.1 Å². The van der Waals surface area contributed by atoms with Gasteiger partial charge in [-0.25, -0.2) is 0 Å². The molecule has 0 atom stereocenters. The third-order valence-corrected chi connectivity index (χ3v) is 5.52. The normalized spacial score (nSPS) is 11.0. The number of benzene rings is 4. The third kappa shape index (κ3) is 2.79. The van der Waals surface area contributed by atoms with E-state index in [0.717, 1.165) is 54.2 Å².